The molecule has 4 rings (SSSR count). The predicted molar refractivity (Wildman–Crippen MR) is 83.8 cm³/mol. The number of pyridine rings is 1. The molecule has 0 N–H and O–H groups in total. The maximum Gasteiger partial charge on any atom is 0.253 e. The van der Waals surface area contributed by atoms with E-state index in [1.54, 1.807) is 23.5 Å². The third-order valence-corrected chi connectivity index (χ3v) is 3.93. The van der Waals surface area contributed by atoms with E-state index in [0.29, 0.717) is 13.2 Å². The molecule has 1 saturated heterocycles. The lowest BCUT2D eigenvalue weighted by Crippen LogP contribution is -2.41. The zero-order valence-corrected chi connectivity index (χ0v) is 12.3. The number of amides is 1. The minimum Gasteiger partial charge on any atom is -0.370 e. The van der Waals surface area contributed by atoms with Crippen LogP contribution in [-0.4, -0.2) is 35.1 Å². The van der Waals surface area contributed by atoms with Gasteiger partial charge in [0, 0.05) is 18.3 Å². The second kappa shape index (κ2) is 5.48. The standard InChI is InChI=1S/C17H14FN3O2/c18-14-3-1-2-12(6-14)13-7-15(16-8-19-11-20(16)9-13)21-4-5-23-10-17(21)22/h1-3,6-9,11H,4-5,10H2. The molecule has 0 unspecified atom stereocenters. The van der Waals surface area contributed by atoms with Gasteiger partial charge in [0.15, 0.2) is 0 Å². The predicted octanol–water partition coefficient (Wildman–Crippen LogP) is 2.50. The number of morpholine rings is 1. The molecule has 1 aromatic carbocycles. The van der Waals surface area contributed by atoms with Crippen LogP contribution < -0.4 is 4.90 Å². The normalized spacial score (nSPS) is 15.3. The highest BCUT2D eigenvalue weighted by atomic mass is 19.1. The molecule has 6 heteroatoms. The first-order valence-electron chi connectivity index (χ1n) is 7.32. The average molecular weight is 311 g/mol. The number of carbonyl (C=O) groups excluding carboxylic acids is 1. The second-order valence-corrected chi connectivity index (χ2v) is 5.41. The summed E-state index contributed by atoms with van der Waals surface area (Å²) >= 11 is 0. The fraction of sp³-hybridized carbons (Fsp3) is 0.176. The molecule has 0 radical (unpaired) electrons. The molecule has 1 fully saturated rings. The first-order valence-corrected chi connectivity index (χ1v) is 7.32. The van der Waals surface area contributed by atoms with Crippen molar-refractivity contribution in [2.75, 3.05) is 24.7 Å². The van der Waals surface area contributed by atoms with Gasteiger partial charge < -0.3 is 14.0 Å². The monoisotopic (exact) mass is 311 g/mol. The van der Waals surface area contributed by atoms with Crippen molar-refractivity contribution in [2.45, 2.75) is 0 Å². The van der Waals surface area contributed by atoms with Gasteiger partial charge in [-0.15, -0.1) is 0 Å². The van der Waals surface area contributed by atoms with Gasteiger partial charge in [0.1, 0.15) is 12.4 Å². The van der Waals surface area contributed by atoms with Crippen molar-refractivity contribution in [3.63, 3.8) is 0 Å². The third-order valence-electron chi connectivity index (χ3n) is 3.93. The van der Waals surface area contributed by atoms with Gasteiger partial charge in [0.05, 0.1) is 30.3 Å². The third kappa shape index (κ3) is 2.47. The number of aromatic nitrogens is 2. The Labute approximate surface area is 131 Å². The van der Waals surface area contributed by atoms with Crippen LogP contribution in [0.4, 0.5) is 10.1 Å². The summed E-state index contributed by atoms with van der Waals surface area (Å²) in [6.45, 7) is 1.06. The number of hydrogen-bond acceptors (Lipinski definition) is 3. The molecule has 0 spiro atoms. The maximum atomic E-state index is 13.5. The van der Waals surface area contributed by atoms with Crippen LogP contribution in [0.3, 0.4) is 0 Å². The molecule has 1 aliphatic heterocycles. The molecular formula is C17H14FN3O2. The lowest BCUT2D eigenvalue weighted by atomic mass is 10.1. The zero-order valence-electron chi connectivity index (χ0n) is 12.3. The Hall–Kier alpha value is -2.73. The molecule has 23 heavy (non-hydrogen) atoms. The van der Waals surface area contributed by atoms with Gasteiger partial charge in [-0.1, -0.05) is 12.1 Å². The fourth-order valence-corrected chi connectivity index (χ4v) is 2.83. The minimum absolute atomic E-state index is 0.0739. The molecule has 0 bridgehead atoms. The van der Waals surface area contributed by atoms with E-state index in [2.05, 4.69) is 4.98 Å². The van der Waals surface area contributed by atoms with Crippen LogP contribution in [0.2, 0.25) is 0 Å². The average Bonchev–Trinajstić information content (AvgIpc) is 3.03. The number of nitrogens with zero attached hydrogens (tertiary/aromatic N) is 3. The van der Waals surface area contributed by atoms with E-state index >= 15 is 0 Å². The number of ether oxygens (including phenoxy) is 1. The Morgan fingerprint density at radius 1 is 1.22 bits per heavy atom. The van der Waals surface area contributed by atoms with Gasteiger partial charge >= 0.3 is 0 Å². The van der Waals surface area contributed by atoms with Crippen LogP contribution in [0.25, 0.3) is 16.6 Å². The van der Waals surface area contributed by atoms with E-state index in [1.165, 1.54) is 12.1 Å². The summed E-state index contributed by atoms with van der Waals surface area (Å²) in [5.74, 6) is -0.382. The first-order chi connectivity index (χ1) is 11.2. The summed E-state index contributed by atoms with van der Waals surface area (Å²) in [6.07, 6.45) is 5.27. The Balaban J connectivity index is 1.89. The zero-order chi connectivity index (χ0) is 15.8. The van der Waals surface area contributed by atoms with Crippen molar-refractivity contribution in [1.82, 2.24) is 9.38 Å². The Morgan fingerprint density at radius 2 is 2.13 bits per heavy atom. The van der Waals surface area contributed by atoms with Crippen LogP contribution in [-0.2, 0) is 9.53 Å². The Kier molecular flexibility index (Phi) is 3.31. The van der Waals surface area contributed by atoms with E-state index in [0.717, 1.165) is 22.3 Å². The van der Waals surface area contributed by atoms with Crippen molar-refractivity contribution in [2.24, 2.45) is 0 Å². The largest absolute Gasteiger partial charge is 0.370 e. The van der Waals surface area contributed by atoms with Gasteiger partial charge in [-0.05, 0) is 23.8 Å². The SMILES string of the molecule is O=C1COCCN1c1cc(-c2cccc(F)c2)cn2cncc12. The van der Waals surface area contributed by atoms with Crippen LogP contribution in [0, 0.1) is 5.82 Å². The highest BCUT2D eigenvalue weighted by Crippen LogP contribution is 2.30. The lowest BCUT2D eigenvalue weighted by Gasteiger charge is -2.27. The van der Waals surface area contributed by atoms with Crippen LogP contribution in [0.15, 0.2) is 49.1 Å². The lowest BCUT2D eigenvalue weighted by molar-refractivity contribution is -0.125. The molecule has 0 atom stereocenters. The molecule has 116 valence electrons. The van der Waals surface area contributed by atoms with Gasteiger partial charge in [-0.25, -0.2) is 9.37 Å². The molecule has 3 aromatic rings. The molecule has 5 nitrogen and oxygen atoms in total. The number of benzene rings is 1. The molecule has 3 heterocycles. The summed E-state index contributed by atoms with van der Waals surface area (Å²) in [6, 6.07) is 8.29. The van der Waals surface area contributed by atoms with Crippen LogP contribution >= 0.6 is 0 Å². The summed E-state index contributed by atoms with van der Waals surface area (Å²) in [7, 11) is 0. The number of fused-ring (bicyclic) bond motifs is 1. The van der Waals surface area contributed by atoms with E-state index in [9.17, 15) is 9.18 Å². The quantitative estimate of drug-likeness (QED) is 0.730. The summed E-state index contributed by atoms with van der Waals surface area (Å²) in [5.41, 5.74) is 3.17. The maximum absolute atomic E-state index is 13.5. The van der Waals surface area contributed by atoms with E-state index in [4.69, 9.17) is 4.74 Å². The molecule has 1 aliphatic rings. The molecule has 0 saturated carbocycles. The molecule has 0 aliphatic carbocycles. The number of carbonyl (C=O) groups is 1. The van der Waals surface area contributed by atoms with E-state index in [-0.39, 0.29) is 18.3 Å². The van der Waals surface area contributed by atoms with Crippen molar-refractivity contribution >= 4 is 17.1 Å². The number of rotatable bonds is 2. The minimum atomic E-state index is -0.294. The highest BCUT2D eigenvalue weighted by Gasteiger charge is 2.23. The Morgan fingerprint density at radius 3 is 2.96 bits per heavy atom. The second-order valence-electron chi connectivity index (χ2n) is 5.41. The summed E-state index contributed by atoms with van der Waals surface area (Å²) in [5, 5.41) is 0. The number of anilines is 1. The number of hydrogen-bond donors (Lipinski definition) is 0. The highest BCUT2D eigenvalue weighted by molar-refractivity contribution is 5.99. The van der Waals surface area contributed by atoms with Crippen LogP contribution in [0.1, 0.15) is 0 Å². The van der Waals surface area contributed by atoms with Crippen molar-refractivity contribution < 1.29 is 13.9 Å². The van der Waals surface area contributed by atoms with Crippen molar-refractivity contribution in [1.29, 1.82) is 0 Å². The Bertz CT molecular complexity index is 890. The van der Waals surface area contributed by atoms with Gasteiger partial charge in [-0.3, -0.25) is 4.79 Å². The first kappa shape index (κ1) is 13.9. The van der Waals surface area contributed by atoms with E-state index in [1.807, 2.05) is 22.7 Å². The summed E-state index contributed by atoms with van der Waals surface area (Å²) in [4.78, 5) is 18.0. The molecule has 2 aromatic heterocycles. The van der Waals surface area contributed by atoms with E-state index < -0.39 is 0 Å². The van der Waals surface area contributed by atoms with Crippen molar-refractivity contribution in [3.05, 3.63) is 54.9 Å². The smallest absolute Gasteiger partial charge is 0.253 e. The number of imidazole rings is 1. The van der Waals surface area contributed by atoms with Crippen LogP contribution in [0.5, 0.6) is 0 Å². The number of halogens is 1. The topological polar surface area (TPSA) is 46.8 Å². The van der Waals surface area contributed by atoms with Gasteiger partial charge in [0.25, 0.3) is 5.91 Å². The molecule has 1 amide bonds. The molecular weight excluding hydrogens is 297 g/mol. The van der Waals surface area contributed by atoms with Crippen molar-refractivity contribution in [3.8, 4) is 11.1 Å². The van der Waals surface area contributed by atoms with Gasteiger partial charge in [0.2, 0.25) is 0 Å². The van der Waals surface area contributed by atoms with Gasteiger partial charge in [-0.2, -0.15) is 0 Å². The fourth-order valence-electron chi connectivity index (χ4n) is 2.83. The summed E-state index contributed by atoms with van der Waals surface area (Å²) < 4.78 is 20.6.